The molecular formula is C13H19NO. The molecule has 0 aliphatic rings. The maximum Gasteiger partial charge on any atom is 0.224 e. The fourth-order valence-corrected chi connectivity index (χ4v) is 1.44. The van der Waals surface area contributed by atoms with E-state index in [-0.39, 0.29) is 5.91 Å². The number of amides is 1. The van der Waals surface area contributed by atoms with E-state index >= 15 is 0 Å². The van der Waals surface area contributed by atoms with Crippen LogP contribution in [0.25, 0.3) is 0 Å². The van der Waals surface area contributed by atoms with Gasteiger partial charge in [-0.25, -0.2) is 0 Å². The zero-order valence-corrected chi connectivity index (χ0v) is 9.92. The third kappa shape index (κ3) is 3.74. The Balaban J connectivity index is 2.71. The monoisotopic (exact) mass is 205 g/mol. The van der Waals surface area contributed by atoms with E-state index in [0.717, 1.165) is 11.3 Å². The number of nitrogens with one attached hydrogen (secondary N) is 1. The largest absolute Gasteiger partial charge is 0.326 e. The van der Waals surface area contributed by atoms with Gasteiger partial charge in [-0.05, 0) is 37.0 Å². The zero-order valence-electron chi connectivity index (χ0n) is 9.92. The lowest BCUT2D eigenvalue weighted by Crippen LogP contribution is -2.14. The van der Waals surface area contributed by atoms with E-state index in [1.54, 1.807) is 0 Å². The second-order valence-electron chi connectivity index (χ2n) is 4.46. The maximum atomic E-state index is 11.6. The lowest BCUT2D eigenvalue weighted by molar-refractivity contribution is -0.116. The lowest BCUT2D eigenvalue weighted by Gasteiger charge is -2.10. The average Bonchev–Trinajstić information content (AvgIpc) is 2.10. The van der Waals surface area contributed by atoms with Crippen LogP contribution in [0, 0.1) is 19.8 Å². The molecule has 2 nitrogen and oxygen atoms in total. The molecule has 1 amide bonds. The van der Waals surface area contributed by atoms with Gasteiger partial charge < -0.3 is 5.32 Å². The van der Waals surface area contributed by atoms with E-state index in [4.69, 9.17) is 0 Å². The van der Waals surface area contributed by atoms with E-state index < -0.39 is 0 Å². The van der Waals surface area contributed by atoms with E-state index in [0.29, 0.717) is 12.3 Å². The normalized spacial score (nSPS) is 10.5. The molecular weight excluding hydrogens is 186 g/mol. The van der Waals surface area contributed by atoms with Crippen LogP contribution in [0.5, 0.6) is 0 Å². The highest BCUT2D eigenvalue weighted by molar-refractivity contribution is 5.91. The number of anilines is 1. The number of benzene rings is 1. The summed E-state index contributed by atoms with van der Waals surface area (Å²) in [6.07, 6.45) is 0.577. The van der Waals surface area contributed by atoms with Crippen LogP contribution in [0.3, 0.4) is 0 Å². The summed E-state index contributed by atoms with van der Waals surface area (Å²) in [5.41, 5.74) is 3.21. The van der Waals surface area contributed by atoms with Crippen molar-refractivity contribution in [1.29, 1.82) is 0 Å². The highest BCUT2D eigenvalue weighted by Gasteiger charge is 2.06. The molecule has 1 aromatic carbocycles. The molecule has 2 heteroatoms. The first-order valence-electron chi connectivity index (χ1n) is 5.36. The molecule has 0 aromatic heterocycles. The molecule has 0 radical (unpaired) electrons. The van der Waals surface area contributed by atoms with Gasteiger partial charge in [0.15, 0.2) is 0 Å². The van der Waals surface area contributed by atoms with Crippen molar-refractivity contribution in [3.8, 4) is 0 Å². The topological polar surface area (TPSA) is 29.1 Å². The Kier molecular flexibility index (Phi) is 3.89. The Labute approximate surface area is 91.7 Å². The number of hydrogen-bond donors (Lipinski definition) is 1. The smallest absolute Gasteiger partial charge is 0.224 e. The predicted molar refractivity (Wildman–Crippen MR) is 64.0 cm³/mol. The fourth-order valence-electron chi connectivity index (χ4n) is 1.44. The molecule has 0 spiro atoms. The van der Waals surface area contributed by atoms with E-state index in [9.17, 15) is 4.79 Å². The van der Waals surface area contributed by atoms with E-state index in [1.165, 1.54) is 5.56 Å². The molecule has 0 aliphatic heterocycles. The summed E-state index contributed by atoms with van der Waals surface area (Å²) in [5.74, 6) is 0.494. The van der Waals surface area contributed by atoms with E-state index in [2.05, 4.69) is 5.32 Å². The fraction of sp³-hybridized carbons (Fsp3) is 0.462. The van der Waals surface area contributed by atoms with Crippen LogP contribution in [0.1, 0.15) is 31.4 Å². The molecule has 82 valence electrons. The van der Waals surface area contributed by atoms with Crippen molar-refractivity contribution in [3.05, 3.63) is 29.3 Å². The quantitative estimate of drug-likeness (QED) is 0.806. The molecule has 0 saturated carbocycles. The number of aryl methyl sites for hydroxylation is 2. The number of carbonyl (C=O) groups is 1. The molecule has 0 unspecified atom stereocenters. The summed E-state index contributed by atoms with van der Waals surface area (Å²) in [4.78, 5) is 11.6. The van der Waals surface area contributed by atoms with Gasteiger partial charge in [-0.1, -0.05) is 26.0 Å². The summed E-state index contributed by atoms with van der Waals surface area (Å²) < 4.78 is 0. The molecule has 0 saturated heterocycles. The van der Waals surface area contributed by atoms with Gasteiger partial charge in [0.05, 0.1) is 0 Å². The molecule has 1 rings (SSSR count). The SMILES string of the molecule is Cc1ccc(C)c(NC(=O)CC(C)C)c1. The highest BCUT2D eigenvalue weighted by Crippen LogP contribution is 2.17. The van der Waals surface area contributed by atoms with E-state index in [1.807, 2.05) is 45.9 Å². The first-order valence-corrected chi connectivity index (χ1v) is 5.36. The van der Waals surface area contributed by atoms with Gasteiger partial charge in [-0.2, -0.15) is 0 Å². The molecule has 15 heavy (non-hydrogen) atoms. The van der Waals surface area contributed by atoms with Gasteiger partial charge in [-0.15, -0.1) is 0 Å². The minimum absolute atomic E-state index is 0.0960. The minimum Gasteiger partial charge on any atom is -0.326 e. The summed E-state index contributed by atoms with van der Waals surface area (Å²) in [6.45, 7) is 8.12. The first kappa shape index (κ1) is 11.8. The Morgan fingerprint density at radius 2 is 2.00 bits per heavy atom. The van der Waals surface area contributed by atoms with Crippen molar-refractivity contribution in [2.45, 2.75) is 34.1 Å². The Bertz CT molecular complexity index is 356. The van der Waals surface area contributed by atoms with Crippen LogP contribution < -0.4 is 5.32 Å². The Hall–Kier alpha value is -1.31. The molecule has 0 atom stereocenters. The average molecular weight is 205 g/mol. The summed E-state index contributed by atoms with van der Waals surface area (Å²) >= 11 is 0. The van der Waals surface area contributed by atoms with Crippen LogP contribution in [0.4, 0.5) is 5.69 Å². The summed E-state index contributed by atoms with van der Waals surface area (Å²) in [6, 6.07) is 6.08. The van der Waals surface area contributed by atoms with Crippen molar-refractivity contribution >= 4 is 11.6 Å². The van der Waals surface area contributed by atoms with Gasteiger partial charge in [0.25, 0.3) is 0 Å². The second kappa shape index (κ2) is 4.96. The molecule has 0 heterocycles. The molecule has 0 bridgehead atoms. The summed E-state index contributed by atoms with van der Waals surface area (Å²) in [5, 5.41) is 2.94. The minimum atomic E-state index is 0.0960. The van der Waals surface area contributed by atoms with Gasteiger partial charge in [0, 0.05) is 12.1 Å². The second-order valence-corrected chi connectivity index (χ2v) is 4.46. The third-order valence-electron chi connectivity index (χ3n) is 2.26. The van der Waals surface area contributed by atoms with Gasteiger partial charge >= 0.3 is 0 Å². The number of rotatable bonds is 3. The van der Waals surface area contributed by atoms with Gasteiger partial charge in [0.1, 0.15) is 0 Å². The first-order chi connectivity index (χ1) is 6.99. The molecule has 0 fully saturated rings. The van der Waals surface area contributed by atoms with Crippen molar-refractivity contribution in [2.24, 2.45) is 5.92 Å². The molecule has 0 aliphatic carbocycles. The van der Waals surface area contributed by atoms with Crippen molar-refractivity contribution < 1.29 is 4.79 Å². The number of hydrogen-bond acceptors (Lipinski definition) is 1. The molecule has 1 aromatic rings. The highest BCUT2D eigenvalue weighted by atomic mass is 16.1. The van der Waals surface area contributed by atoms with Gasteiger partial charge in [-0.3, -0.25) is 4.79 Å². The van der Waals surface area contributed by atoms with Crippen LogP contribution in [0.2, 0.25) is 0 Å². The van der Waals surface area contributed by atoms with Crippen LogP contribution in [-0.2, 0) is 4.79 Å². The number of carbonyl (C=O) groups excluding carboxylic acids is 1. The Morgan fingerprint density at radius 3 is 2.60 bits per heavy atom. The van der Waals surface area contributed by atoms with Crippen molar-refractivity contribution in [1.82, 2.24) is 0 Å². The standard InChI is InChI=1S/C13H19NO/c1-9(2)7-13(15)14-12-8-10(3)5-6-11(12)4/h5-6,8-9H,7H2,1-4H3,(H,14,15). The van der Waals surface area contributed by atoms with Crippen molar-refractivity contribution in [3.63, 3.8) is 0 Å². The maximum absolute atomic E-state index is 11.6. The summed E-state index contributed by atoms with van der Waals surface area (Å²) in [7, 11) is 0. The molecule has 1 N–H and O–H groups in total. The van der Waals surface area contributed by atoms with Crippen LogP contribution in [-0.4, -0.2) is 5.91 Å². The predicted octanol–water partition coefficient (Wildman–Crippen LogP) is 3.29. The van der Waals surface area contributed by atoms with Crippen molar-refractivity contribution in [2.75, 3.05) is 5.32 Å². The van der Waals surface area contributed by atoms with Gasteiger partial charge in [0.2, 0.25) is 5.91 Å². The van der Waals surface area contributed by atoms with Crippen LogP contribution >= 0.6 is 0 Å². The van der Waals surface area contributed by atoms with Crippen LogP contribution in [0.15, 0.2) is 18.2 Å². The third-order valence-corrected chi connectivity index (χ3v) is 2.26. The Morgan fingerprint density at radius 1 is 1.33 bits per heavy atom. The zero-order chi connectivity index (χ0) is 11.4. The lowest BCUT2D eigenvalue weighted by atomic mass is 10.1.